The number of anilines is 3. The van der Waals surface area contributed by atoms with E-state index in [0.717, 1.165) is 22.8 Å². The minimum absolute atomic E-state index is 0.766. The summed E-state index contributed by atoms with van der Waals surface area (Å²) in [4.78, 5) is 2.07. The standard InChI is InChI=1S/C14H16N2O/c1-16(12-9-7-11(15)8-10-12)13-5-3-4-6-14(13)17-2/h3-10H,15H2,1-2H3. The smallest absolute Gasteiger partial charge is 0.142 e. The minimum Gasteiger partial charge on any atom is -0.495 e. The van der Waals surface area contributed by atoms with Gasteiger partial charge in [0.15, 0.2) is 0 Å². The maximum Gasteiger partial charge on any atom is 0.142 e. The van der Waals surface area contributed by atoms with Crippen LogP contribution in [0.3, 0.4) is 0 Å². The lowest BCUT2D eigenvalue weighted by Crippen LogP contribution is -2.10. The minimum atomic E-state index is 0.766. The van der Waals surface area contributed by atoms with Crippen LogP contribution < -0.4 is 15.4 Å². The molecule has 0 radical (unpaired) electrons. The molecule has 2 rings (SSSR count). The van der Waals surface area contributed by atoms with Crippen molar-refractivity contribution >= 4 is 17.1 Å². The summed E-state index contributed by atoms with van der Waals surface area (Å²) in [5, 5.41) is 0. The molecule has 0 saturated carbocycles. The van der Waals surface area contributed by atoms with Crippen LogP contribution in [0, 0.1) is 0 Å². The first kappa shape index (κ1) is 11.3. The van der Waals surface area contributed by atoms with Crippen LogP contribution in [-0.4, -0.2) is 14.2 Å². The molecule has 0 saturated heterocycles. The molecule has 88 valence electrons. The van der Waals surface area contributed by atoms with Gasteiger partial charge < -0.3 is 15.4 Å². The highest BCUT2D eigenvalue weighted by molar-refractivity contribution is 5.69. The number of benzene rings is 2. The number of nitrogens with two attached hydrogens (primary N) is 1. The van der Waals surface area contributed by atoms with E-state index >= 15 is 0 Å². The van der Waals surface area contributed by atoms with Crippen LogP contribution in [0.25, 0.3) is 0 Å². The first-order chi connectivity index (χ1) is 8.22. The SMILES string of the molecule is COc1ccccc1N(C)c1ccc(N)cc1. The van der Waals surface area contributed by atoms with Gasteiger partial charge in [0.2, 0.25) is 0 Å². The van der Waals surface area contributed by atoms with E-state index in [1.807, 2.05) is 55.6 Å². The normalized spacial score (nSPS) is 10.0. The number of hydrogen-bond donors (Lipinski definition) is 1. The summed E-state index contributed by atoms with van der Waals surface area (Å²) in [7, 11) is 3.68. The van der Waals surface area contributed by atoms with Gasteiger partial charge in [-0.1, -0.05) is 12.1 Å². The van der Waals surface area contributed by atoms with Crippen molar-refractivity contribution in [2.45, 2.75) is 0 Å². The van der Waals surface area contributed by atoms with E-state index in [4.69, 9.17) is 10.5 Å². The lowest BCUT2D eigenvalue weighted by atomic mass is 10.2. The zero-order chi connectivity index (χ0) is 12.3. The second-order valence-corrected chi connectivity index (χ2v) is 3.82. The molecule has 2 aromatic carbocycles. The Labute approximate surface area is 101 Å². The molecule has 0 atom stereocenters. The van der Waals surface area contributed by atoms with E-state index in [9.17, 15) is 0 Å². The van der Waals surface area contributed by atoms with Crippen LogP contribution >= 0.6 is 0 Å². The third-order valence-electron chi connectivity index (χ3n) is 2.73. The van der Waals surface area contributed by atoms with Crippen molar-refractivity contribution in [2.24, 2.45) is 0 Å². The van der Waals surface area contributed by atoms with Gasteiger partial charge in [-0.15, -0.1) is 0 Å². The van der Waals surface area contributed by atoms with Crippen LogP contribution in [0.2, 0.25) is 0 Å². The van der Waals surface area contributed by atoms with Gasteiger partial charge in [0.05, 0.1) is 12.8 Å². The van der Waals surface area contributed by atoms with Gasteiger partial charge in [-0.2, -0.15) is 0 Å². The van der Waals surface area contributed by atoms with Gasteiger partial charge >= 0.3 is 0 Å². The molecule has 0 fully saturated rings. The zero-order valence-corrected chi connectivity index (χ0v) is 10.1. The molecule has 0 aliphatic carbocycles. The van der Waals surface area contributed by atoms with Crippen LogP contribution in [0.5, 0.6) is 5.75 Å². The quantitative estimate of drug-likeness (QED) is 0.820. The molecule has 3 nitrogen and oxygen atoms in total. The van der Waals surface area contributed by atoms with E-state index in [1.165, 1.54) is 0 Å². The largest absolute Gasteiger partial charge is 0.495 e. The molecule has 0 aliphatic heterocycles. The Morgan fingerprint density at radius 3 is 2.29 bits per heavy atom. The van der Waals surface area contributed by atoms with Crippen molar-refractivity contribution < 1.29 is 4.74 Å². The first-order valence-corrected chi connectivity index (χ1v) is 5.44. The summed E-state index contributed by atoms with van der Waals surface area (Å²) < 4.78 is 5.35. The molecule has 0 aromatic heterocycles. The lowest BCUT2D eigenvalue weighted by molar-refractivity contribution is 0.415. The highest BCUT2D eigenvalue weighted by Gasteiger charge is 2.08. The number of methoxy groups -OCH3 is 1. The number of para-hydroxylation sites is 2. The van der Waals surface area contributed by atoms with Gasteiger partial charge in [0, 0.05) is 18.4 Å². The van der Waals surface area contributed by atoms with Crippen molar-refractivity contribution in [2.75, 3.05) is 24.8 Å². The Kier molecular flexibility index (Phi) is 3.19. The van der Waals surface area contributed by atoms with Gasteiger partial charge in [-0.05, 0) is 36.4 Å². The molecule has 17 heavy (non-hydrogen) atoms. The fourth-order valence-electron chi connectivity index (χ4n) is 1.74. The van der Waals surface area contributed by atoms with Gasteiger partial charge in [0.1, 0.15) is 5.75 Å². The molecule has 0 bridgehead atoms. The van der Waals surface area contributed by atoms with Crippen molar-refractivity contribution in [3.05, 3.63) is 48.5 Å². The highest BCUT2D eigenvalue weighted by Crippen LogP contribution is 2.32. The van der Waals surface area contributed by atoms with Crippen LogP contribution in [-0.2, 0) is 0 Å². The average molecular weight is 228 g/mol. The zero-order valence-electron chi connectivity index (χ0n) is 10.1. The fraction of sp³-hybridized carbons (Fsp3) is 0.143. The monoisotopic (exact) mass is 228 g/mol. The summed E-state index contributed by atoms with van der Waals surface area (Å²) in [5.41, 5.74) is 8.54. The molecule has 2 N–H and O–H groups in total. The molecule has 0 spiro atoms. The van der Waals surface area contributed by atoms with E-state index in [2.05, 4.69) is 4.90 Å². The van der Waals surface area contributed by atoms with Crippen LogP contribution in [0.15, 0.2) is 48.5 Å². The maximum atomic E-state index is 5.68. The van der Waals surface area contributed by atoms with Crippen LogP contribution in [0.4, 0.5) is 17.1 Å². The molecule has 0 aliphatic rings. The Balaban J connectivity index is 2.36. The lowest BCUT2D eigenvalue weighted by Gasteiger charge is -2.21. The van der Waals surface area contributed by atoms with Gasteiger partial charge in [0.25, 0.3) is 0 Å². The maximum absolute atomic E-state index is 5.68. The van der Waals surface area contributed by atoms with Gasteiger partial charge in [-0.3, -0.25) is 0 Å². The Bertz CT molecular complexity index is 494. The second kappa shape index (κ2) is 4.78. The number of hydrogen-bond acceptors (Lipinski definition) is 3. The van der Waals surface area contributed by atoms with Crippen molar-refractivity contribution in [1.82, 2.24) is 0 Å². The number of ether oxygens (including phenoxy) is 1. The van der Waals surface area contributed by atoms with Crippen LogP contribution in [0.1, 0.15) is 0 Å². The summed E-state index contributed by atoms with van der Waals surface area (Å²) in [6.07, 6.45) is 0. The predicted octanol–water partition coefficient (Wildman–Crippen LogP) is 3.05. The van der Waals surface area contributed by atoms with Crippen molar-refractivity contribution in [3.8, 4) is 5.75 Å². The fourth-order valence-corrected chi connectivity index (χ4v) is 1.74. The molecule has 0 amide bonds. The summed E-state index contributed by atoms with van der Waals surface area (Å²) >= 11 is 0. The van der Waals surface area contributed by atoms with Gasteiger partial charge in [-0.25, -0.2) is 0 Å². The molecule has 3 heteroatoms. The average Bonchev–Trinajstić information content (AvgIpc) is 2.39. The second-order valence-electron chi connectivity index (χ2n) is 3.82. The molecule has 0 heterocycles. The summed E-state index contributed by atoms with van der Waals surface area (Å²) in [6.45, 7) is 0. The summed E-state index contributed by atoms with van der Waals surface area (Å²) in [6, 6.07) is 15.7. The topological polar surface area (TPSA) is 38.5 Å². The third kappa shape index (κ3) is 2.33. The predicted molar refractivity (Wildman–Crippen MR) is 71.9 cm³/mol. The number of rotatable bonds is 3. The van der Waals surface area contributed by atoms with Crippen molar-refractivity contribution in [1.29, 1.82) is 0 Å². The van der Waals surface area contributed by atoms with Crippen molar-refractivity contribution in [3.63, 3.8) is 0 Å². The Morgan fingerprint density at radius 2 is 1.65 bits per heavy atom. The molecular weight excluding hydrogens is 212 g/mol. The molecular formula is C14H16N2O. The highest BCUT2D eigenvalue weighted by atomic mass is 16.5. The Morgan fingerprint density at radius 1 is 1.00 bits per heavy atom. The number of nitrogens with zero attached hydrogens (tertiary/aromatic N) is 1. The first-order valence-electron chi connectivity index (χ1n) is 5.44. The molecule has 2 aromatic rings. The molecule has 0 unspecified atom stereocenters. The number of nitrogen functional groups attached to an aromatic ring is 1. The summed E-state index contributed by atoms with van der Waals surface area (Å²) in [5.74, 6) is 0.854. The van der Waals surface area contributed by atoms with E-state index in [0.29, 0.717) is 0 Å². The van der Waals surface area contributed by atoms with E-state index < -0.39 is 0 Å². The Hall–Kier alpha value is -2.16. The van der Waals surface area contributed by atoms with E-state index in [-0.39, 0.29) is 0 Å². The third-order valence-corrected chi connectivity index (χ3v) is 2.73. The van der Waals surface area contributed by atoms with E-state index in [1.54, 1.807) is 7.11 Å².